The van der Waals surface area contributed by atoms with Crippen molar-refractivity contribution in [3.8, 4) is 11.5 Å². The highest BCUT2D eigenvalue weighted by Gasteiger charge is 2.14. The smallest absolute Gasteiger partial charge is 0.260 e. The van der Waals surface area contributed by atoms with Gasteiger partial charge >= 0.3 is 0 Å². The molecule has 0 spiro atoms. The van der Waals surface area contributed by atoms with Crippen LogP contribution >= 0.6 is 0 Å². The van der Waals surface area contributed by atoms with Gasteiger partial charge in [0.1, 0.15) is 0 Å². The summed E-state index contributed by atoms with van der Waals surface area (Å²) < 4.78 is 10.8. The molecule has 2 aromatic carbocycles. The zero-order chi connectivity index (χ0) is 17.2. The van der Waals surface area contributed by atoms with Gasteiger partial charge in [0.25, 0.3) is 5.91 Å². The van der Waals surface area contributed by atoms with Crippen LogP contribution in [-0.4, -0.2) is 44.2 Å². The van der Waals surface area contributed by atoms with Crippen LogP contribution in [0.5, 0.6) is 11.5 Å². The highest BCUT2D eigenvalue weighted by molar-refractivity contribution is 5.77. The second-order valence-corrected chi connectivity index (χ2v) is 5.34. The summed E-state index contributed by atoms with van der Waals surface area (Å²) in [7, 11) is 1.57. The highest BCUT2D eigenvalue weighted by atomic mass is 16.5. The molecule has 0 saturated carbocycles. The van der Waals surface area contributed by atoms with Crippen molar-refractivity contribution in [2.24, 2.45) is 5.73 Å². The minimum absolute atomic E-state index is 0.0326. The van der Waals surface area contributed by atoms with Gasteiger partial charge in [-0.3, -0.25) is 4.79 Å². The van der Waals surface area contributed by atoms with E-state index in [1.807, 2.05) is 30.3 Å². The Labute approximate surface area is 143 Å². The number of nitrogens with two attached hydrogens (primary N) is 1. The van der Waals surface area contributed by atoms with Crippen LogP contribution in [0.4, 0.5) is 0 Å². The second kappa shape index (κ2) is 9.57. The molecule has 24 heavy (non-hydrogen) atoms. The normalized spacial score (nSPS) is 10.2. The first-order chi connectivity index (χ1) is 11.7. The van der Waals surface area contributed by atoms with Crippen LogP contribution in [0.3, 0.4) is 0 Å². The van der Waals surface area contributed by atoms with Crippen molar-refractivity contribution in [1.82, 2.24) is 4.90 Å². The lowest BCUT2D eigenvalue weighted by Gasteiger charge is -2.22. The maximum atomic E-state index is 12.4. The predicted molar refractivity (Wildman–Crippen MR) is 94.3 cm³/mol. The molecule has 0 fully saturated rings. The van der Waals surface area contributed by atoms with E-state index >= 15 is 0 Å². The van der Waals surface area contributed by atoms with Crippen molar-refractivity contribution in [3.05, 3.63) is 60.2 Å². The first-order valence-electron chi connectivity index (χ1n) is 8.02. The number of para-hydroxylation sites is 2. The van der Waals surface area contributed by atoms with Crippen molar-refractivity contribution < 1.29 is 14.3 Å². The van der Waals surface area contributed by atoms with Gasteiger partial charge in [0, 0.05) is 19.6 Å². The molecular weight excluding hydrogens is 304 g/mol. The summed E-state index contributed by atoms with van der Waals surface area (Å²) in [6, 6.07) is 17.4. The fourth-order valence-corrected chi connectivity index (χ4v) is 2.39. The second-order valence-electron chi connectivity index (χ2n) is 5.34. The molecule has 0 unspecified atom stereocenters. The Bertz CT molecular complexity index is 632. The third-order valence-corrected chi connectivity index (χ3v) is 3.69. The maximum Gasteiger partial charge on any atom is 0.260 e. The number of methoxy groups -OCH3 is 1. The van der Waals surface area contributed by atoms with Gasteiger partial charge in [0.15, 0.2) is 18.1 Å². The SMILES string of the molecule is COc1ccccc1OCC(=O)N(CCN)CCc1ccccc1. The number of nitrogens with zero attached hydrogens (tertiary/aromatic N) is 1. The summed E-state index contributed by atoms with van der Waals surface area (Å²) in [5.41, 5.74) is 6.83. The lowest BCUT2D eigenvalue weighted by Crippen LogP contribution is -2.39. The Hall–Kier alpha value is -2.53. The predicted octanol–water partition coefficient (Wildman–Crippen LogP) is 2.10. The molecule has 0 saturated heterocycles. The summed E-state index contributed by atoms with van der Waals surface area (Å²) in [5.74, 6) is 1.09. The molecule has 2 aromatic rings. The van der Waals surface area contributed by atoms with Gasteiger partial charge in [-0.2, -0.15) is 0 Å². The van der Waals surface area contributed by atoms with Crippen LogP contribution in [0.25, 0.3) is 0 Å². The molecule has 5 heteroatoms. The first kappa shape index (κ1) is 17.8. The molecule has 2 N–H and O–H groups in total. The van der Waals surface area contributed by atoms with Crippen LogP contribution in [0.2, 0.25) is 0 Å². The summed E-state index contributed by atoms with van der Waals surface area (Å²) in [6.45, 7) is 1.53. The van der Waals surface area contributed by atoms with E-state index in [1.54, 1.807) is 24.1 Å². The monoisotopic (exact) mass is 328 g/mol. The molecule has 128 valence electrons. The van der Waals surface area contributed by atoms with Gasteiger partial charge in [-0.05, 0) is 24.1 Å². The summed E-state index contributed by atoms with van der Waals surface area (Å²) in [6.07, 6.45) is 0.793. The number of hydrogen-bond donors (Lipinski definition) is 1. The zero-order valence-electron chi connectivity index (χ0n) is 14.0. The molecule has 0 aromatic heterocycles. The average molecular weight is 328 g/mol. The molecule has 2 rings (SSSR count). The molecule has 0 radical (unpaired) electrons. The number of amides is 1. The summed E-state index contributed by atoms with van der Waals surface area (Å²) in [5, 5.41) is 0. The molecule has 0 aliphatic rings. The minimum atomic E-state index is -0.0812. The lowest BCUT2D eigenvalue weighted by molar-refractivity contribution is -0.133. The van der Waals surface area contributed by atoms with Gasteiger partial charge < -0.3 is 20.1 Å². The minimum Gasteiger partial charge on any atom is -0.493 e. The molecule has 1 amide bonds. The van der Waals surface area contributed by atoms with E-state index < -0.39 is 0 Å². The van der Waals surface area contributed by atoms with E-state index in [9.17, 15) is 4.79 Å². The van der Waals surface area contributed by atoms with Crippen molar-refractivity contribution in [3.63, 3.8) is 0 Å². The summed E-state index contributed by atoms with van der Waals surface area (Å²) in [4.78, 5) is 14.2. The van der Waals surface area contributed by atoms with E-state index in [2.05, 4.69) is 12.1 Å². The van der Waals surface area contributed by atoms with E-state index in [-0.39, 0.29) is 12.5 Å². The fourth-order valence-electron chi connectivity index (χ4n) is 2.39. The molecule has 0 bridgehead atoms. The molecule has 0 heterocycles. The van der Waals surface area contributed by atoms with Gasteiger partial charge in [0.2, 0.25) is 0 Å². The number of carbonyl (C=O) groups excluding carboxylic acids is 1. The zero-order valence-corrected chi connectivity index (χ0v) is 14.0. The van der Waals surface area contributed by atoms with E-state index in [0.29, 0.717) is 31.1 Å². The Morgan fingerprint density at radius 2 is 1.67 bits per heavy atom. The van der Waals surface area contributed by atoms with Gasteiger partial charge in [-0.1, -0.05) is 42.5 Å². The number of rotatable bonds is 9. The number of ether oxygens (including phenoxy) is 2. The molecule has 0 atom stereocenters. The van der Waals surface area contributed by atoms with Crippen molar-refractivity contribution in [2.45, 2.75) is 6.42 Å². The van der Waals surface area contributed by atoms with Gasteiger partial charge in [0.05, 0.1) is 7.11 Å². The van der Waals surface area contributed by atoms with Crippen molar-refractivity contribution in [2.75, 3.05) is 33.4 Å². The van der Waals surface area contributed by atoms with Crippen LogP contribution in [-0.2, 0) is 11.2 Å². The Morgan fingerprint density at radius 1 is 1.00 bits per heavy atom. The third-order valence-electron chi connectivity index (χ3n) is 3.69. The standard InChI is InChI=1S/C19H24N2O3/c1-23-17-9-5-6-10-18(17)24-15-19(22)21(14-12-20)13-11-16-7-3-2-4-8-16/h2-10H,11-15,20H2,1H3. The number of carbonyl (C=O) groups is 1. The third kappa shape index (κ3) is 5.28. The Balaban J connectivity index is 1.91. The van der Waals surface area contributed by atoms with E-state index in [1.165, 1.54) is 5.56 Å². The lowest BCUT2D eigenvalue weighted by atomic mass is 10.1. The van der Waals surface area contributed by atoms with Crippen molar-refractivity contribution in [1.29, 1.82) is 0 Å². The number of hydrogen-bond acceptors (Lipinski definition) is 4. The number of benzene rings is 2. The first-order valence-corrected chi connectivity index (χ1v) is 8.02. The molecular formula is C19H24N2O3. The quantitative estimate of drug-likeness (QED) is 0.766. The Morgan fingerprint density at radius 3 is 2.33 bits per heavy atom. The van der Waals surface area contributed by atoms with Crippen LogP contribution < -0.4 is 15.2 Å². The average Bonchev–Trinajstić information content (AvgIpc) is 2.64. The maximum absolute atomic E-state index is 12.4. The largest absolute Gasteiger partial charge is 0.493 e. The topological polar surface area (TPSA) is 64.8 Å². The fraction of sp³-hybridized carbons (Fsp3) is 0.316. The van der Waals surface area contributed by atoms with Crippen LogP contribution in [0.15, 0.2) is 54.6 Å². The molecule has 5 nitrogen and oxygen atoms in total. The van der Waals surface area contributed by atoms with Crippen molar-refractivity contribution >= 4 is 5.91 Å². The van der Waals surface area contributed by atoms with Gasteiger partial charge in [-0.25, -0.2) is 0 Å². The van der Waals surface area contributed by atoms with Crippen LogP contribution in [0, 0.1) is 0 Å². The van der Waals surface area contributed by atoms with Gasteiger partial charge in [-0.15, -0.1) is 0 Å². The highest BCUT2D eigenvalue weighted by Crippen LogP contribution is 2.25. The Kier molecular flexibility index (Phi) is 7.11. The van der Waals surface area contributed by atoms with E-state index in [0.717, 1.165) is 6.42 Å². The van der Waals surface area contributed by atoms with Crippen LogP contribution in [0.1, 0.15) is 5.56 Å². The summed E-state index contributed by atoms with van der Waals surface area (Å²) >= 11 is 0. The van der Waals surface area contributed by atoms with E-state index in [4.69, 9.17) is 15.2 Å². The molecule has 0 aliphatic carbocycles. The molecule has 0 aliphatic heterocycles.